The van der Waals surface area contributed by atoms with Gasteiger partial charge in [-0.2, -0.15) is 4.31 Å². The molecule has 4 heterocycles. The van der Waals surface area contributed by atoms with Gasteiger partial charge in [-0.3, -0.25) is 14.7 Å². The van der Waals surface area contributed by atoms with Crippen molar-refractivity contribution in [1.29, 1.82) is 0 Å². The van der Waals surface area contributed by atoms with E-state index in [-0.39, 0.29) is 23.1 Å². The van der Waals surface area contributed by atoms with Crippen molar-refractivity contribution < 1.29 is 22.4 Å². The van der Waals surface area contributed by atoms with Crippen molar-refractivity contribution in [3.05, 3.63) is 60.1 Å². The third kappa shape index (κ3) is 4.14. The Bertz CT molecular complexity index is 1180. The van der Waals surface area contributed by atoms with E-state index in [1.165, 1.54) is 4.31 Å². The predicted molar refractivity (Wildman–Crippen MR) is 117 cm³/mol. The molecule has 3 aromatic rings. The van der Waals surface area contributed by atoms with Crippen molar-refractivity contribution in [2.75, 3.05) is 39.4 Å². The van der Waals surface area contributed by atoms with Crippen LogP contribution in [0.3, 0.4) is 0 Å². The first-order valence-electron chi connectivity index (χ1n) is 10.5. The van der Waals surface area contributed by atoms with E-state index in [1.54, 1.807) is 48.8 Å². The minimum atomic E-state index is -3.54. The Balaban J connectivity index is 1.18. The minimum Gasteiger partial charge on any atom is -0.449 e. The highest BCUT2D eigenvalue weighted by molar-refractivity contribution is 7.89. The van der Waals surface area contributed by atoms with E-state index in [4.69, 9.17) is 9.15 Å². The van der Waals surface area contributed by atoms with Gasteiger partial charge in [0.25, 0.3) is 5.91 Å². The Morgan fingerprint density at radius 1 is 1.09 bits per heavy atom. The van der Waals surface area contributed by atoms with Gasteiger partial charge in [0.2, 0.25) is 10.0 Å². The van der Waals surface area contributed by atoms with E-state index < -0.39 is 10.0 Å². The molecule has 2 aromatic heterocycles. The van der Waals surface area contributed by atoms with Gasteiger partial charge in [0, 0.05) is 44.3 Å². The van der Waals surface area contributed by atoms with Crippen LogP contribution in [-0.2, 0) is 21.3 Å². The fourth-order valence-corrected chi connectivity index (χ4v) is 5.36. The Labute approximate surface area is 186 Å². The van der Waals surface area contributed by atoms with E-state index in [1.807, 2.05) is 0 Å². The highest BCUT2D eigenvalue weighted by atomic mass is 32.2. The lowest BCUT2D eigenvalue weighted by molar-refractivity contribution is -0.0721. The Kier molecular flexibility index (Phi) is 5.68. The maximum absolute atomic E-state index is 13.0. The van der Waals surface area contributed by atoms with Crippen LogP contribution < -0.4 is 5.32 Å². The number of amides is 1. The highest BCUT2D eigenvalue weighted by Gasteiger charge is 2.33. The number of hydrogen-bond acceptors (Lipinski definition) is 7. The maximum Gasteiger partial charge on any atom is 0.287 e. The van der Waals surface area contributed by atoms with Gasteiger partial charge in [-0.15, -0.1) is 0 Å². The summed E-state index contributed by atoms with van der Waals surface area (Å²) in [6, 6.07) is 10.5. The van der Waals surface area contributed by atoms with Crippen LogP contribution in [0.2, 0.25) is 0 Å². The third-order valence-corrected chi connectivity index (χ3v) is 7.88. The number of carbonyl (C=O) groups excluding carboxylic acids is 1. The summed E-state index contributed by atoms with van der Waals surface area (Å²) in [6.45, 7) is 4.12. The summed E-state index contributed by atoms with van der Waals surface area (Å²) in [4.78, 5) is 18.9. The number of fused-ring (bicyclic) bond motifs is 1. The molecule has 5 rings (SSSR count). The lowest BCUT2D eigenvalue weighted by Crippen LogP contribution is -2.57. The number of furan rings is 1. The molecule has 32 heavy (non-hydrogen) atoms. The van der Waals surface area contributed by atoms with Gasteiger partial charge in [0.1, 0.15) is 0 Å². The zero-order valence-corrected chi connectivity index (χ0v) is 18.3. The monoisotopic (exact) mass is 456 g/mol. The molecule has 2 aliphatic heterocycles. The van der Waals surface area contributed by atoms with Gasteiger partial charge in [-0.05, 0) is 29.8 Å². The smallest absolute Gasteiger partial charge is 0.287 e. The summed E-state index contributed by atoms with van der Waals surface area (Å²) < 4.78 is 38.3. The number of ether oxygens (including phenoxy) is 1. The second kappa shape index (κ2) is 8.62. The summed E-state index contributed by atoms with van der Waals surface area (Å²) >= 11 is 0. The van der Waals surface area contributed by atoms with Crippen molar-refractivity contribution in [2.24, 2.45) is 0 Å². The predicted octanol–water partition coefficient (Wildman–Crippen LogP) is 1.46. The van der Waals surface area contributed by atoms with Gasteiger partial charge in [-0.1, -0.05) is 12.1 Å². The molecule has 168 valence electrons. The molecule has 0 atom stereocenters. The molecule has 0 radical (unpaired) electrons. The molecular formula is C22H24N4O5S. The molecule has 0 spiro atoms. The van der Waals surface area contributed by atoms with E-state index in [0.717, 1.165) is 37.3 Å². The standard InChI is InChI=1S/C22H24N4O5S/c27-22(20-11-17-5-6-23-13-21(17)31-20)24-12-16-1-3-19(4-2-16)32(28,29)26-9-7-25(8-10-26)18-14-30-15-18/h1-6,11,13,18H,7-10,12,14-15H2,(H,24,27). The van der Waals surface area contributed by atoms with Crippen LogP contribution in [0.4, 0.5) is 0 Å². The summed E-state index contributed by atoms with van der Waals surface area (Å²) in [5.41, 5.74) is 1.35. The lowest BCUT2D eigenvalue weighted by atomic mass is 10.2. The Morgan fingerprint density at radius 3 is 2.50 bits per heavy atom. The molecule has 1 amide bonds. The number of piperazine rings is 1. The van der Waals surface area contributed by atoms with Gasteiger partial charge in [0.05, 0.1) is 30.3 Å². The van der Waals surface area contributed by atoms with Crippen LogP contribution in [0, 0.1) is 0 Å². The van der Waals surface area contributed by atoms with Crippen LogP contribution in [0.25, 0.3) is 11.0 Å². The van der Waals surface area contributed by atoms with Crippen molar-refractivity contribution in [1.82, 2.24) is 19.5 Å². The molecule has 0 bridgehead atoms. The van der Waals surface area contributed by atoms with Gasteiger partial charge >= 0.3 is 0 Å². The number of carbonyl (C=O) groups is 1. The van der Waals surface area contributed by atoms with Crippen LogP contribution in [0.5, 0.6) is 0 Å². The van der Waals surface area contributed by atoms with Crippen LogP contribution in [0.1, 0.15) is 16.1 Å². The number of nitrogens with zero attached hydrogens (tertiary/aromatic N) is 3. The van der Waals surface area contributed by atoms with Crippen LogP contribution in [-0.4, -0.2) is 73.9 Å². The summed E-state index contributed by atoms with van der Waals surface area (Å²) in [7, 11) is -3.54. The molecule has 2 fully saturated rings. The van der Waals surface area contributed by atoms with Crippen molar-refractivity contribution in [3.8, 4) is 0 Å². The van der Waals surface area contributed by atoms with Gasteiger partial charge < -0.3 is 14.5 Å². The number of hydrogen-bond donors (Lipinski definition) is 1. The van der Waals surface area contributed by atoms with E-state index >= 15 is 0 Å². The van der Waals surface area contributed by atoms with Crippen molar-refractivity contribution in [3.63, 3.8) is 0 Å². The fourth-order valence-electron chi connectivity index (χ4n) is 3.94. The van der Waals surface area contributed by atoms with Gasteiger partial charge in [-0.25, -0.2) is 8.42 Å². The number of rotatable bonds is 6. The molecule has 1 aromatic carbocycles. The van der Waals surface area contributed by atoms with Gasteiger partial charge in [0.15, 0.2) is 11.3 Å². The van der Waals surface area contributed by atoms with Crippen LogP contribution >= 0.6 is 0 Å². The summed E-state index contributed by atoms with van der Waals surface area (Å²) in [5, 5.41) is 3.60. The molecular weight excluding hydrogens is 432 g/mol. The maximum atomic E-state index is 13.0. The number of nitrogens with one attached hydrogen (secondary N) is 1. The van der Waals surface area contributed by atoms with Crippen molar-refractivity contribution >= 4 is 26.9 Å². The van der Waals surface area contributed by atoms with Crippen molar-refractivity contribution in [2.45, 2.75) is 17.5 Å². The molecule has 2 saturated heterocycles. The Morgan fingerprint density at radius 2 is 1.84 bits per heavy atom. The fraction of sp³-hybridized carbons (Fsp3) is 0.364. The van der Waals surface area contributed by atoms with E-state index in [9.17, 15) is 13.2 Å². The topological polar surface area (TPSA) is 105 Å². The highest BCUT2D eigenvalue weighted by Crippen LogP contribution is 2.21. The number of pyridine rings is 1. The molecule has 0 unspecified atom stereocenters. The Hall–Kier alpha value is -2.79. The first-order chi connectivity index (χ1) is 15.5. The average molecular weight is 457 g/mol. The summed E-state index contributed by atoms with van der Waals surface area (Å²) in [6.07, 6.45) is 3.20. The zero-order valence-electron chi connectivity index (χ0n) is 17.4. The molecule has 9 nitrogen and oxygen atoms in total. The molecule has 10 heteroatoms. The number of benzene rings is 1. The molecule has 2 aliphatic rings. The quantitative estimate of drug-likeness (QED) is 0.599. The molecule has 0 aliphatic carbocycles. The van der Waals surface area contributed by atoms with E-state index in [0.29, 0.717) is 24.7 Å². The largest absolute Gasteiger partial charge is 0.449 e. The number of sulfonamides is 1. The van der Waals surface area contributed by atoms with E-state index in [2.05, 4.69) is 15.2 Å². The molecule has 0 saturated carbocycles. The minimum absolute atomic E-state index is 0.208. The van der Waals surface area contributed by atoms with Crippen LogP contribution in [0.15, 0.2) is 58.1 Å². The second-order valence-corrected chi connectivity index (χ2v) is 9.92. The average Bonchev–Trinajstić information content (AvgIpc) is 3.21. The normalized spacial score (nSPS) is 18.5. The molecule has 1 N–H and O–H groups in total. The first-order valence-corrected chi connectivity index (χ1v) is 12.0. The second-order valence-electron chi connectivity index (χ2n) is 7.98. The third-order valence-electron chi connectivity index (χ3n) is 5.97. The SMILES string of the molecule is O=C(NCc1ccc(S(=O)(=O)N2CCN(C3COC3)CC2)cc1)c1cc2ccncc2o1. The first kappa shape index (κ1) is 21.1. The lowest BCUT2D eigenvalue weighted by Gasteiger charge is -2.42. The zero-order chi connectivity index (χ0) is 22.1. The summed E-state index contributed by atoms with van der Waals surface area (Å²) in [5.74, 6) is -0.132. The number of aromatic nitrogens is 1.